The van der Waals surface area contributed by atoms with Crippen molar-refractivity contribution in [2.75, 3.05) is 0 Å². The van der Waals surface area contributed by atoms with Gasteiger partial charge in [0.05, 0.1) is 6.20 Å². The number of nitrogens with zero attached hydrogens (tertiary/aromatic N) is 4. The number of aromatic nitrogens is 3. The quantitative estimate of drug-likeness (QED) is 0.714. The fourth-order valence-electron chi connectivity index (χ4n) is 1.07. The van der Waals surface area contributed by atoms with Crippen molar-refractivity contribution in [1.29, 1.82) is 0 Å². The summed E-state index contributed by atoms with van der Waals surface area (Å²) in [5.74, 6) is 0. The molecule has 0 fully saturated rings. The second kappa shape index (κ2) is 3.26. The van der Waals surface area contributed by atoms with E-state index >= 15 is 0 Å². The van der Waals surface area contributed by atoms with Gasteiger partial charge in [-0.2, -0.15) is 10.2 Å². The average Bonchev–Trinajstić information content (AvgIpc) is 2.49. The predicted molar refractivity (Wildman–Crippen MR) is 54.8 cm³/mol. The topological polar surface area (TPSA) is 43.1 Å². The number of pyridine rings is 1. The molecule has 66 valence electrons. The van der Waals surface area contributed by atoms with Crippen LogP contribution >= 0.6 is 15.9 Å². The lowest BCUT2D eigenvalue weighted by Crippen LogP contribution is -1.90. The van der Waals surface area contributed by atoms with Crippen LogP contribution in [-0.4, -0.2) is 21.1 Å². The highest BCUT2D eigenvalue weighted by atomic mass is 79.9. The Kier molecular flexibility index (Phi) is 2.10. The maximum absolute atomic E-state index is 4.18. The fraction of sp³-hybridized carbons (Fsp3) is 0.125. The van der Waals surface area contributed by atoms with Crippen molar-refractivity contribution in [3.05, 3.63) is 22.9 Å². The van der Waals surface area contributed by atoms with Gasteiger partial charge in [-0.05, 0) is 28.9 Å². The summed E-state index contributed by atoms with van der Waals surface area (Å²) < 4.78 is 0.924. The molecule has 0 N–H and O–H groups in total. The van der Waals surface area contributed by atoms with Crippen molar-refractivity contribution in [3.8, 4) is 0 Å². The molecule has 2 rings (SSSR count). The fourth-order valence-corrected chi connectivity index (χ4v) is 1.39. The van der Waals surface area contributed by atoms with Crippen LogP contribution in [0.1, 0.15) is 6.92 Å². The Morgan fingerprint density at radius 2 is 2.38 bits per heavy atom. The minimum atomic E-state index is 0.841. The molecule has 2 aromatic heterocycles. The van der Waals surface area contributed by atoms with E-state index < -0.39 is 0 Å². The van der Waals surface area contributed by atoms with Gasteiger partial charge >= 0.3 is 0 Å². The number of hydrogen-bond donors (Lipinski definition) is 0. The first kappa shape index (κ1) is 8.37. The van der Waals surface area contributed by atoms with E-state index in [4.69, 9.17) is 0 Å². The lowest BCUT2D eigenvalue weighted by Gasteiger charge is -1.93. The highest BCUT2D eigenvalue weighted by molar-refractivity contribution is 9.10. The highest BCUT2D eigenvalue weighted by Crippen LogP contribution is 2.16. The molecule has 0 amide bonds. The predicted octanol–water partition coefficient (Wildman–Crippen LogP) is 2.05. The zero-order valence-corrected chi connectivity index (χ0v) is 8.56. The number of hydrogen-bond acceptors (Lipinski definition) is 3. The molecule has 2 aromatic rings. The lowest BCUT2D eigenvalue weighted by atomic mass is 10.4. The maximum atomic E-state index is 4.18. The van der Waals surface area contributed by atoms with Crippen LogP contribution in [0.3, 0.4) is 0 Å². The minimum absolute atomic E-state index is 0.841. The number of rotatable bonds is 1. The summed E-state index contributed by atoms with van der Waals surface area (Å²) in [4.78, 5) is 5.73. The van der Waals surface area contributed by atoms with Gasteiger partial charge in [0.15, 0.2) is 0 Å². The standard InChI is InChI=1S/C8H7BrN4/c1-2-11-13-8-3-6(9)4-10-7(8)5-12-13/h2-5H,1H3. The molecular formula is C8H7BrN4. The van der Waals surface area contributed by atoms with Crippen LogP contribution in [0.15, 0.2) is 28.0 Å². The minimum Gasteiger partial charge on any atom is -0.252 e. The van der Waals surface area contributed by atoms with Crippen LogP contribution in [0.2, 0.25) is 0 Å². The molecule has 0 atom stereocenters. The molecule has 4 nitrogen and oxygen atoms in total. The van der Waals surface area contributed by atoms with E-state index in [0.717, 1.165) is 15.5 Å². The Bertz CT molecular complexity index is 460. The zero-order chi connectivity index (χ0) is 9.26. The molecule has 0 unspecified atom stereocenters. The molecule has 13 heavy (non-hydrogen) atoms. The van der Waals surface area contributed by atoms with E-state index in [2.05, 4.69) is 31.1 Å². The van der Waals surface area contributed by atoms with Gasteiger partial charge in [-0.25, -0.2) is 0 Å². The summed E-state index contributed by atoms with van der Waals surface area (Å²) in [6.45, 7) is 1.85. The summed E-state index contributed by atoms with van der Waals surface area (Å²) in [6.07, 6.45) is 5.12. The first-order valence-corrected chi connectivity index (χ1v) is 4.59. The van der Waals surface area contributed by atoms with Gasteiger partial charge in [-0.1, -0.05) is 0 Å². The first-order valence-electron chi connectivity index (χ1n) is 3.79. The van der Waals surface area contributed by atoms with Crippen LogP contribution in [0.4, 0.5) is 0 Å². The Morgan fingerprint density at radius 1 is 1.54 bits per heavy atom. The summed E-state index contributed by atoms with van der Waals surface area (Å²) >= 11 is 3.35. The number of fused-ring (bicyclic) bond motifs is 1. The third kappa shape index (κ3) is 1.47. The molecule has 0 radical (unpaired) electrons. The smallest absolute Gasteiger partial charge is 0.114 e. The van der Waals surface area contributed by atoms with Crippen molar-refractivity contribution in [2.24, 2.45) is 5.10 Å². The van der Waals surface area contributed by atoms with Gasteiger partial charge in [0.2, 0.25) is 0 Å². The SMILES string of the molecule is CC=Nn1ncc2ncc(Br)cc21. The van der Waals surface area contributed by atoms with Crippen molar-refractivity contribution in [1.82, 2.24) is 14.9 Å². The van der Waals surface area contributed by atoms with Crippen molar-refractivity contribution in [2.45, 2.75) is 6.92 Å². The van der Waals surface area contributed by atoms with E-state index in [0.29, 0.717) is 0 Å². The molecule has 2 heterocycles. The van der Waals surface area contributed by atoms with Gasteiger partial charge in [-0.15, -0.1) is 4.79 Å². The summed E-state index contributed by atoms with van der Waals surface area (Å²) in [6, 6.07) is 1.93. The molecule has 0 saturated heterocycles. The largest absolute Gasteiger partial charge is 0.252 e. The van der Waals surface area contributed by atoms with Crippen molar-refractivity contribution >= 4 is 33.2 Å². The monoisotopic (exact) mass is 238 g/mol. The third-order valence-electron chi connectivity index (χ3n) is 1.59. The summed E-state index contributed by atoms with van der Waals surface area (Å²) in [7, 11) is 0. The molecule has 0 aromatic carbocycles. The Hall–Kier alpha value is -1.23. The number of halogens is 1. The molecule has 0 spiro atoms. The van der Waals surface area contributed by atoms with E-state index in [1.54, 1.807) is 23.4 Å². The van der Waals surface area contributed by atoms with Crippen LogP contribution in [0.25, 0.3) is 11.0 Å². The molecule has 5 heteroatoms. The average molecular weight is 239 g/mol. The van der Waals surface area contributed by atoms with Gasteiger partial charge in [0.1, 0.15) is 11.0 Å². The summed E-state index contributed by atoms with van der Waals surface area (Å²) in [5, 5.41) is 8.12. The Balaban J connectivity index is 2.71. The Labute approximate surface area is 83.4 Å². The zero-order valence-electron chi connectivity index (χ0n) is 6.98. The van der Waals surface area contributed by atoms with Gasteiger partial charge in [0, 0.05) is 16.9 Å². The molecule has 0 bridgehead atoms. The summed E-state index contributed by atoms with van der Waals surface area (Å²) in [5.41, 5.74) is 1.74. The van der Waals surface area contributed by atoms with Gasteiger partial charge in [-0.3, -0.25) is 4.98 Å². The molecular weight excluding hydrogens is 232 g/mol. The van der Waals surface area contributed by atoms with E-state index in [-0.39, 0.29) is 0 Å². The maximum Gasteiger partial charge on any atom is 0.114 e. The Morgan fingerprint density at radius 3 is 3.15 bits per heavy atom. The highest BCUT2D eigenvalue weighted by Gasteiger charge is 2.01. The van der Waals surface area contributed by atoms with Gasteiger partial charge < -0.3 is 0 Å². The third-order valence-corrected chi connectivity index (χ3v) is 2.03. The van der Waals surface area contributed by atoms with Crippen molar-refractivity contribution < 1.29 is 0 Å². The first-order chi connectivity index (χ1) is 6.31. The molecule has 0 aliphatic rings. The second-order valence-electron chi connectivity index (χ2n) is 2.47. The van der Waals surface area contributed by atoms with Crippen LogP contribution in [0.5, 0.6) is 0 Å². The van der Waals surface area contributed by atoms with E-state index in [9.17, 15) is 0 Å². The van der Waals surface area contributed by atoms with Crippen molar-refractivity contribution in [3.63, 3.8) is 0 Å². The normalized spacial score (nSPS) is 11.5. The van der Waals surface area contributed by atoms with Crippen LogP contribution in [0, 0.1) is 0 Å². The lowest BCUT2D eigenvalue weighted by molar-refractivity contribution is 0.772. The van der Waals surface area contributed by atoms with E-state index in [1.807, 2.05) is 13.0 Å². The van der Waals surface area contributed by atoms with Crippen LogP contribution < -0.4 is 0 Å². The molecule has 0 aliphatic heterocycles. The molecule has 0 aliphatic carbocycles. The van der Waals surface area contributed by atoms with Gasteiger partial charge in [0.25, 0.3) is 0 Å². The molecule has 0 saturated carbocycles. The van der Waals surface area contributed by atoms with E-state index in [1.165, 1.54) is 0 Å². The second-order valence-corrected chi connectivity index (χ2v) is 3.38. The van der Waals surface area contributed by atoms with Crippen LogP contribution in [-0.2, 0) is 0 Å².